The maximum absolute atomic E-state index is 13.2. The van der Waals surface area contributed by atoms with Crippen LogP contribution in [0.25, 0.3) is 0 Å². The monoisotopic (exact) mass is 431 g/mol. The van der Waals surface area contributed by atoms with Gasteiger partial charge in [-0.3, -0.25) is 14.6 Å². The molecule has 0 saturated carbocycles. The van der Waals surface area contributed by atoms with Crippen LogP contribution in [0.2, 0.25) is 0 Å². The summed E-state index contributed by atoms with van der Waals surface area (Å²) in [6, 6.07) is 11.4. The fraction of sp³-hybridized carbons (Fsp3) is 0.333. The number of imidazole rings is 1. The summed E-state index contributed by atoms with van der Waals surface area (Å²) in [6.45, 7) is 3.65. The highest BCUT2D eigenvalue weighted by atomic mass is 16.5. The molecule has 32 heavy (non-hydrogen) atoms. The number of pyridine rings is 1. The number of aromatic nitrogens is 3. The third-order valence-corrected chi connectivity index (χ3v) is 6.04. The number of para-hydroxylation sites is 1. The molecule has 4 heterocycles. The lowest BCUT2D eigenvalue weighted by Gasteiger charge is -2.35. The predicted molar refractivity (Wildman–Crippen MR) is 117 cm³/mol. The third kappa shape index (κ3) is 3.95. The van der Waals surface area contributed by atoms with Crippen molar-refractivity contribution >= 4 is 11.8 Å². The van der Waals surface area contributed by atoms with Gasteiger partial charge in [0.05, 0.1) is 18.2 Å². The maximum atomic E-state index is 13.2. The summed E-state index contributed by atoms with van der Waals surface area (Å²) < 4.78 is 7.95. The molecule has 0 spiro atoms. The van der Waals surface area contributed by atoms with E-state index in [0.29, 0.717) is 31.7 Å². The van der Waals surface area contributed by atoms with Crippen molar-refractivity contribution in [2.24, 2.45) is 0 Å². The van der Waals surface area contributed by atoms with Gasteiger partial charge in [-0.2, -0.15) is 0 Å². The molecule has 0 bridgehead atoms. The van der Waals surface area contributed by atoms with E-state index in [-0.39, 0.29) is 24.3 Å². The van der Waals surface area contributed by atoms with Gasteiger partial charge < -0.3 is 19.5 Å². The minimum Gasteiger partial charge on any atom is -0.480 e. The van der Waals surface area contributed by atoms with Gasteiger partial charge in [0.1, 0.15) is 11.6 Å². The van der Waals surface area contributed by atoms with Crippen molar-refractivity contribution in [2.75, 3.05) is 6.54 Å². The van der Waals surface area contributed by atoms with Crippen LogP contribution in [0.15, 0.2) is 55.0 Å². The van der Waals surface area contributed by atoms with Crippen LogP contribution in [0.1, 0.15) is 35.6 Å². The van der Waals surface area contributed by atoms with Crippen LogP contribution in [0.4, 0.5) is 0 Å². The number of rotatable bonds is 5. The highest BCUT2D eigenvalue weighted by molar-refractivity contribution is 5.83. The van der Waals surface area contributed by atoms with Crippen molar-refractivity contribution in [3.8, 4) is 5.75 Å². The van der Waals surface area contributed by atoms with E-state index < -0.39 is 6.10 Å². The fourth-order valence-electron chi connectivity index (χ4n) is 4.37. The number of benzene rings is 1. The second-order valence-corrected chi connectivity index (χ2v) is 8.22. The molecule has 0 aliphatic carbocycles. The molecule has 1 N–H and O–H groups in total. The SMILES string of the molecule is CC1c2nc(CC(=O)NCc3cccnc3)cn2CCN1C(=O)C1Cc2ccccc2O1. The normalized spacial score (nSPS) is 19.1. The standard InChI is InChI=1S/C24H25N5O3/c1-16-23-27-19(12-22(30)26-14-17-5-4-8-25-13-17)15-28(23)9-10-29(16)24(31)21-11-18-6-2-3-7-20(18)32-21/h2-8,13,15-16,21H,9-12,14H2,1H3,(H,26,30). The number of hydrogen-bond donors (Lipinski definition) is 1. The number of carbonyl (C=O) groups is 2. The Morgan fingerprint density at radius 1 is 1.19 bits per heavy atom. The summed E-state index contributed by atoms with van der Waals surface area (Å²) >= 11 is 0. The van der Waals surface area contributed by atoms with Crippen molar-refractivity contribution in [2.45, 2.75) is 45.0 Å². The number of nitrogens with zero attached hydrogens (tertiary/aromatic N) is 4. The molecule has 2 aliphatic rings. The summed E-state index contributed by atoms with van der Waals surface area (Å²) in [7, 11) is 0. The molecule has 2 aliphatic heterocycles. The number of ether oxygens (including phenoxy) is 1. The van der Waals surface area contributed by atoms with Crippen molar-refractivity contribution in [3.05, 3.63) is 77.6 Å². The Morgan fingerprint density at radius 2 is 2.06 bits per heavy atom. The Hall–Kier alpha value is -3.68. The zero-order chi connectivity index (χ0) is 22.1. The lowest BCUT2D eigenvalue weighted by Crippen LogP contribution is -2.47. The molecule has 2 aromatic heterocycles. The summed E-state index contributed by atoms with van der Waals surface area (Å²) in [5, 5.41) is 2.90. The molecule has 0 radical (unpaired) electrons. The minimum absolute atomic E-state index is 0.0151. The number of nitrogens with one attached hydrogen (secondary N) is 1. The molecule has 2 atom stereocenters. The van der Waals surface area contributed by atoms with E-state index in [1.807, 2.05) is 59.0 Å². The first kappa shape index (κ1) is 20.2. The largest absolute Gasteiger partial charge is 0.480 e. The van der Waals surface area contributed by atoms with E-state index in [4.69, 9.17) is 4.74 Å². The number of amides is 2. The molecule has 8 nitrogen and oxygen atoms in total. The van der Waals surface area contributed by atoms with E-state index >= 15 is 0 Å². The van der Waals surface area contributed by atoms with Gasteiger partial charge in [0, 0.05) is 44.6 Å². The molecule has 5 rings (SSSR count). The first-order valence-electron chi connectivity index (χ1n) is 10.8. The number of hydrogen-bond acceptors (Lipinski definition) is 5. The Kier molecular flexibility index (Phi) is 5.34. The first-order valence-corrected chi connectivity index (χ1v) is 10.8. The Labute approximate surface area is 186 Å². The highest BCUT2D eigenvalue weighted by Gasteiger charge is 2.37. The quantitative estimate of drug-likeness (QED) is 0.668. The van der Waals surface area contributed by atoms with Crippen molar-refractivity contribution in [3.63, 3.8) is 0 Å². The summed E-state index contributed by atoms with van der Waals surface area (Å²) in [4.78, 5) is 36.1. The second kappa shape index (κ2) is 8.45. The summed E-state index contributed by atoms with van der Waals surface area (Å²) in [6.07, 6.45) is 5.65. The summed E-state index contributed by atoms with van der Waals surface area (Å²) in [5.74, 6) is 1.48. The Morgan fingerprint density at radius 3 is 2.88 bits per heavy atom. The first-order chi connectivity index (χ1) is 15.6. The van der Waals surface area contributed by atoms with Crippen LogP contribution in [-0.4, -0.2) is 43.9 Å². The maximum Gasteiger partial charge on any atom is 0.264 e. The van der Waals surface area contributed by atoms with E-state index in [0.717, 1.165) is 22.7 Å². The van der Waals surface area contributed by atoms with E-state index in [1.54, 1.807) is 12.4 Å². The van der Waals surface area contributed by atoms with Crippen LogP contribution >= 0.6 is 0 Å². The topological polar surface area (TPSA) is 89.4 Å². The van der Waals surface area contributed by atoms with Gasteiger partial charge in [0.15, 0.2) is 6.10 Å². The Bertz CT molecular complexity index is 1120. The molecular weight excluding hydrogens is 406 g/mol. The van der Waals surface area contributed by atoms with Gasteiger partial charge in [-0.05, 0) is 30.2 Å². The molecular formula is C24H25N5O3. The van der Waals surface area contributed by atoms with E-state index in [2.05, 4.69) is 15.3 Å². The van der Waals surface area contributed by atoms with Crippen LogP contribution in [0, 0.1) is 0 Å². The molecule has 8 heteroatoms. The van der Waals surface area contributed by atoms with Crippen LogP contribution in [0.3, 0.4) is 0 Å². The fourth-order valence-corrected chi connectivity index (χ4v) is 4.37. The zero-order valence-corrected chi connectivity index (χ0v) is 17.9. The van der Waals surface area contributed by atoms with Crippen LogP contribution in [-0.2, 0) is 35.5 Å². The third-order valence-electron chi connectivity index (χ3n) is 6.04. The zero-order valence-electron chi connectivity index (χ0n) is 17.9. The molecule has 0 saturated heterocycles. The smallest absolute Gasteiger partial charge is 0.264 e. The molecule has 2 amide bonds. The average molecular weight is 431 g/mol. The lowest BCUT2D eigenvalue weighted by molar-refractivity contribution is -0.141. The predicted octanol–water partition coefficient (Wildman–Crippen LogP) is 2.04. The number of fused-ring (bicyclic) bond motifs is 2. The van der Waals surface area contributed by atoms with E-state index in [9.17, 15) is 9.59 Å². The van der Waals surface area contributed by atoms with Crippen molar-refractivity contribution in [1.29, 1.82) is 0 Å². The van der Waals surface area contributed by atoms with Crippen LogP contribution in [0.5, 0.6) is 5.75 Å². The minimum atomic E-state index is -0.492. The molecule has 164 valence electrons. The summed E-state index contributed by atoms with van der Waals surface area (Å²) in [5.41, 5.74) is 2.72. The average Bonchev–Trinajstić information content (AvgIpc) is 3.42. The van der Waals surface area contributed by atoms with Crippen molar-refractivity contribution < 1.29 is 14.3 Å². The van der Waals surface area contributed by atoms with Gasteiger partial charge in [-0.25, -0.2) is 4.98 Å². The molecule has 1 aromatic carbocycles. The molecule has 0 fully saturated rings. The second-order valence-electron chi connectivity index (χ2n) is 8.22. The van der Waals surface area contributed by atoms with Gasteiger partial charge in [0.2, 0.25) is 5.91 Å². The van der Waals surface area contributed by atoms with Crippen LogP contribution < -0.4 is 10.1 Å². The van der Waals surface area contributed by atoms with Gasteiger partial charge in [-0.1, -0.05) is 24.3 Å². The van der Waals surface area contributed by atoms with E-state index in [1.165, 1.54) is 0 Å². The number of carbonyl (C=O) groups excluding carboxylic acids is 2. The van der Waals surface area contributed by atoms with Gasteiger partial charge in [-0.15, -0.1) is 0 Å². The molecule has 2 unspecified atom stereocenters. The van der Waals surface area contributed by atoms with Gasteiger partial charge in [0.25, 0.3) is 5.91 Å². The van der Waals surface area contributed by atoms with Crippen molar-refractivity contribution in [1.82, 2.24) is 24.8 Å². The Balaban J connectivity index is 1.22. The van der Waals surface area contributed by atoms with Gasteiger partial charge >= 0.3 is 0 Å². The molecule has 3 aromatic rings. The lowest BCUT2D eigenvalue weighted by atomic mass is 10.1. The highest BCUT2D eigenvalue weighted by Crippen LogP contribution is 2.32.